The van der Waals surface area contributed by atoms with E-state index in [-0.39, 0.29) is 0 Å². The largest absolute Gasteiger partial charge is 0.354 e. The zero-order valence-corrected chi connectivity index (χ0v) is 24.7. The topological polar surface area (TPSA) is 34.8 Å². The maximum atomic E-state index is 3.92. The van der Waals surface area contributed by atoms with E-state index in [4.69, 9.17) is 0 Å². The Labute approximate surface area is 261 Å². The number of nitrogens with one attached hydrogen (secondary N) is 2. The fourth-order valence-corrected chi connectivity index (χ4v) is 7.36. The second-order valence-corrected chi connectivity index (χ2v) is 12.0. The molecular formula is C42H31N3. The van der Waals surface area contributed by atoms with Gasteiger partial charge in [-0.3, -0.25) is 0 Å². The molecule has 0 amide bonds. The Balaban J connectivity index is 1.31. The van der Waals surface area contributed by atoms with Gasteiger partial charge < -0.3 is 14.9 Å². The summed E-state index contributed by atoms with van der Waals surface area (Å²) < 4.78 is 0. The van der Waals surface area contributed by atoms with Gasteiger partial charge in [0.25, 0.3) is 0 Å². The summed E-state index contributed by atoms with van der Waals surface area (Å²) in [5.74, 6) is 0. The molecule has 1 aliphatic carbocycles. The van der Waals surface area contributed by atoms with E-state index in [0.717, 1.165) is 28.8 Å². The number of rotatable bonds is 5. The Morgan fingerprint density at radius 2 is 1.11 bits per heavy atom. The molecule has 0 bridgehead atoms. The zero-order valence-electron chi connectivity index (χ0n) is 24.7. The van der Waals surface area contributed by atoms with Crippen LogP contribution in [-0.2, 0) is 5.54 Å². The first-order chi connectivity index (χ1) is 22.3. The quantitative estimate of drug-likeness (QED) is 0.210. The molecule has 0 aliphatic heterocycles. The van der Waals surface area contributed by atoms with Crippen LogP contribution in [0.2, 0.25) is 0 Å². The summed E-state index contributed by atoms with van der Waals surface area (Å²) in [7, 11) is 0. The van der Waals surface area contributed by atoms with Gasteiger partial charge >= 0.3 is 0 Å². The van der Waals surface area contributed by atoms with Crippen molar-refractivity contribution in [2.45, 2.75) is 12.0 Å². The molecule has 8 aromatic rings. The molecule has 3 nitrogen and oxygen atoms in total. The molecule has 9 rings (SSSR count). The molecule has 0 saturated carbocycles. The molecule has 0 spiro atoms. The van der Waals surface area contributed by atoms with Gasteiger partial charge in [0.1, 0.15) is 0 Å². The maximum absolute atomic E-state index is 3.92. The van der Waals surface area contributed by atoms with Crippen molar-refractivity contribution in [2.75, 3.05) is 4.90 Å². The van der Waals surface area contributed by atoms with Crippen molar-refractivity contribution in [1.29, 1.82) is 0 Å². The summed E-state index contributed by atoms with van der Waals surface area (Å²) in [6.45, 7) is 0. The number of fused-ring (bicyclic) bond motifs is 6. The summed E-state index contributed by atoms with van der Waals surface area (Å²) >= 11 is 0. The first kappa shape index (κ1) is 25.7. The summed E-state index contributed by atoms with van der Waals surface area (Å²) in [6.07, 6.45) is 7.95. The summed E-state index contributed by atoms with van der Waals surface area (Å²) in [6, 6.07) is 52.2. The Morgan fingerprint density at radius 1 is 0.511 bits per heavy atom. The number of aromatic nitrogens is 2. The van der Waals surface area contributed by atoms with Gasteiger partial charge in [-0.1, -0.05) is 121 Å². The first-order valence-corrected chi connectivity index (χ1v) is 15.6. The van der Waals surface area contributed by atoms with Gasteiger partial charge in [0.15, 0.2) is 0 Å². The van der Waals surface area contributed by atoms with Crippen LogP contribution in [0.1, 0.15) is 17.5 Å². The summed E-state index contributed by atoms with van der Waals surface area (Å²) in [4.78, 5) is 10.1. The molecule has 2 aromatic heterocycles. The predicted molar refractivity (Wildman–Crippen MR) is 190 cm³/mol. The highest BCUT2D eigenvalue weighted by Gasteiger charge is 2.40. The van der Waals surface area contributed by atoms with Crippen molar-refractivity contribution in [3.63, 3.8) is 0 Å². The maximum Gasteiger partial charge on any atom is 0.0944 e. The Bertz CT molecular complexity index is 2360. The molecule has 0 saturated heterocycles. The number of nitrogens with zero attached hydrogens (tertiary/aromatic N) is 1. The minimum atomic E-state index is -0.491. The molecule has 0 fully saturated rings. The van der Waals surface area contributed by atoms with E-state index in [0.29, 0.717) is 0 Å². The SMILES string of the molecule is C1=CC(c2cccc3c2[nH]c2cc4c(cc23)[nH]c2ccccc24)(N(c2ccccc2)c2ccccc2)CC=C1c1ccccc1. The van der Waals surface area contributed by atoms with Gasteiger partial charge in [-0.25, -0.2) is 0 Å². The lowest BCUT2D eigenvalue weighted by atomic mass is 9.78. The van der Waals surface area contributed by atoms with Crippen LogP contribution >= 0.6 is 0 Å². The predicted octanol–water partition coefficient (Wildman–Crippen LogP) is 11.0. The van der Waals surface area contributed by atoms with Crippen LogP contribution in [0.25, 0.3) is 49.2 Å². The van der Waals surface area contributed by atoms with E-state index < -0.39 is 5.54 Å². The van der Waals surface area contributed by atoms with Crippen molar-refractivity contribution in [1.82, 2.24) is 9.97 Å². The van der Waals surface area contributed by atoms with Crippen LogP contribution in [0.15, 0.2) is 164 Å². The lowest BCUT2D eigenvalue weighted by Gasteiger charge is -2.45. The highest BCUT2D eigenvalue weighted by molar-refractivity contribution is 6.17. The average molecular weight is 578 g/mol. The van der Waals surface area contributed by atoms with Crippen LogP contribution < -0.4 is 4.90 Å². The average Bonchev–Trinajstić information content (AvgIpc) is 3.66. The number of H-pyrrole nitrogens is 2. The van der Waals surface area contributed by atoms with Crippen molar-refractivity contribution >= 4 is 60.6 Å². The molecule has 1 unspecified atom stereocenters. The molecular weight excluding hydrogens is 546 g/mol. The number of para-hydroxylation sites is 4. The van der Waals surface area contributed by atoms with Gasteiger partial charge in [0, 0.05) is 55.0 Å². The molecule has 2 N–H and O–H groups in total. The molecule has 45 heavy (non-hydrogen) atoms. The van der Waals surface area contributed by atoms with Gasteiger partial charge in [-0.05, 0) is 60.0 Å². The van der Waals surface area contributed by atoms with E-state index in [1.807, 2.05) is 0 Å². The van der Waals surface area contributed by atoms with E-state index in [1.165, 1.54) is 49.3 Å². The minimum absolute atomic E-state index is 0.491. The Hall–Kier alpha value is -5.80. The van der Waals surface area contributed by atoms with Crippen LogP contribution in [0.4, 0.5) is 11.4 Å². The minimum Gasteiger partial charge on any atom is -0.354 e. The van der Waals surface area contributed by atoms with Gasteiger partial charge in [-0.2, -0.15) is 0 Å². The van der Waals surface area contributed by atoms with Crippen LogP contribution in [0.5, 0.6) is 0 Å². The molecule has 1 aliphatic rings. The highest BCUT2D eigenvalue weighted by Crippen LogP contribution is 2.48. The molecule has 2 heterocycles. The summed E-state index contributed by atoms with van der Waals surface area (Å²) in [5.41, 5.74) is 10.2. The van der Waals surface area contributed by atoms with Crippen LogP contribution in [0, 0.1) is 0 Å². The molecule has 1 atom stereocenters. The molecule has 214 valence electrons. The third-order valence-corrected chi connectivity index (χ3v) is 9.43. The second kappa shape index (κ2) is 10.1. The molecule has 0 radical (unpaired) electrons. The van der Waals surface area contributed by atoms with Gasteiger partial charge in [-0.15, -0.1) is 0 Å². The number of aromatic amines is 2. The highest BCUT2D eigenvalue weighted by atomic mass is 15.2. The number of allylic oxidation sites excluding steroid dienone is 2. The normalized spacial score (nSPS) is 16.5. The molecule has 6 aromatic carbocycles. The third-order valence-electron chi connectivity index (χ3n) is 9.43. The second-order valence-electron chi connectivity index (χ2n) is 12.0. The monoisotopic (exact) mass is 577 g/mol. The summed E-state index contributed by atoms with van der Waals surface area (Å²) in [5, 5.41) is 4.95. The lowest BCUT2D eigenvalue weighted by Crippen LogP contribution is -2.43. The van der Waals surface area contributed by atoms with Crippen LogP contribution in [0.3, 0.4) is 0 Å². The number of hydrogen-bond donors (Lipinski definition) is 2. The van der Waals surface area contributed by atoms with E-state index in [2.05, 4.69) is 179 Å². The van der Waals surface area contributed by atoms with Crippen molar-refractivity contribution in [3.05, 3.63) is 175 Å². The smallest absolute Gasteiger partial charge is 0.0944 e. The van der Waals surface area contributed by atoms with Crippen molar-refractivity contribution in [2.24, 2.45) is 0 Å². The number of anilines is 2. The van der Waals surface area contributed by atoms with Gasteiger partial charge in [0.2, 0.25) is 0 Å². The third kappa shape index (κ3) is 4.05. The zero-order chi connectivity index (χ0) is 29.8. The Kier molecular flexibility index (Phi) is 5.79. The lowest BCUT2D eigenvalue weighted by molar-refractivity contribution is 0.552. The van der Waals surface area contributed by atoms with E-state index in [9.17, 15) is 0 Å². The standard InChI is InChI=1S/C42H31N3/c1-4-13-29(14-5-1)30-23-25-42(26-24-30,45(31-15-6-2-7-16-31)32-17-8-3-9-18-32)37-21-12-20-34-36-28-39-35(27-40(36)44-41(34)37)33-19-10-11-22-38(33)43-39/h1-25,27-28,43-44H,26H2. The number of benzene rings is 6. The van der Waals surface area contributed by atoms with Crippen LogP contribution in [-0.4, -0.2) is 9.97 Å². The van der Waals surface area contributed by atoms with E-state index in [1.54, 1.807) is 0 Å². The number of hydrogen-bond acceptors (Lipinski definition) is 1. The fraction of sp³-hybridized carbons (Fsp3) is 0.0476. The van der Waals surface area contributed by atoms with Crippen molar-refractivity contribution in [3.8, 4) is 0 Å². The fourth-order valence-electron chi connectivity index (χ4n) is 7.36. The Morgan fingerprint density at radius 3 is 1.80 bits per heavy atom. The van der Waals surface area contributed by atoms with E-state index >= 15 is 0 Å². The van der Waals surface area contributed by atoms with Gasteiger partial charge in [0.05, 0.1) is 11.1 Å². The molecule has 3 heteroatoms. The first-order valence-electron chi connectivity index (χ1n) is 15.6. The van der Waals surface area contributed by atoms with Crippen molar-refractivity contribution < 1.29 is 0 Å².